The van der Waals surface area contributed by atoms with Gasteiger partial charge in [-0.05, 0) is 24.5 Å². The molecule has 0 bridgehead atoms. The predicted molar refractivity (Wildman–Crippen MR) is 69.8 cm³/mol. The number of benzene rings is 1. The second-order valence-electron chi connectivity index (χ2n) is 4.84. The number of aliphatic hydroxyl groups excluding tert-OH is 1. The largest absolute Gasteiger partial charge is 0.481 e. The van der Waals surface area contributed by atoms with E-state index in [9.17, 15) is 15.0 Å². The highest BCUT2D eigenvalue weighted by atomic mass is 16.4. The Morgan fingerprint density at radius 2 is 2.22 bits per heavy atom. The fraction of sp³-hybridized carbons (Fsp3) is 0.500. The van der Waals surface area contributed by atoms with Crippen molar-refractivity contribution < 1.29 is 15.0 Å². The van der Waals surface area contributed by atoms with E-state index in [1.54, 1.807) is 0 Å². The number of aliphatic carboxylic acids is 1. The SMILES string of the molecule is CCC(O)CN1CC(C(=O)O)Cc2ccccc21. The predicted octanol–water partition coefficient (Wildman–Crippen LogP) is 1.52. The van der Waals surface area contributed by atoms with Crippen LogP contribution in [0.3, 0.4) is 0 Å². The van der Waals surface area contributed by atoms with Gasteiger partial charge in [-0.3, -0.25) is 4.79 Å². The molecule has 1 heterocycles. The lowest BCUT2D eigenvalue weighted by molar-refractivity contribution is -0.141. The third-order valence-electron chi connectivity index (χ3n) is 3.49. The van der Waals surface area contributed by atoms with E-state index in [-0.39, 0.29) is 5.92 Å². The molecular weight excluding hydrogens is 230 g/mol. The molecule has 0 saturated heterocycles. The minimum Gasteiger partial charge on any atom is -0.481 e. The molecule has 2 unspecified atom stereocenters. The Hall–Kier alpha value is -1.55. The summed E-state index contributed by atoms with van der Waals surface area (Å²) in [5, 5.41) is 19.0. The van der Waals surface area contributed by atoms with Gasteiger partial charge in [-0.25, -0.2) is 0 Å². The average molecular weight is 249 g/mol. The van der Waals surface area contributed by atoms with Gasteiger partial charge in [0, 0.05) is 18.8 Å². The van der Waals surface area contributed by atoms with Gasteiger partial charge >= 0.3 is 5.97 Å². The summed E-state index contributed by atoms with van der Waals surface area (Å²) in [5.74, 6) is -1.15. The lowest BCUT2D eigenvalue weighted by atomic mass is 9.92. The van der Waals surface area contributed by atoms with Crippen LogP contribution in [-0.4, -0.2) is 35.4 Å². The first kappa shape index (κ1) is 12.9. The summed E-state index contributed by atoms with van der Waals surface area (Å²) in [7, 11) is 0. The molecule has 0 aliphatic carbocycles. The van der Waals surface area contributed by atoms with E-state index in [1.807, 2.05) is 36.1 Å². The Bertz CT molecular complexity index is 433. The van der Waals surface area contributed by atoms with Crippen LogP contribution in [0.4, 0.5) is 5.69 Å². The van der Waals surface area contributed by atoms with Gasteiger partial charge in [0.1, 0.15) is 0 Å². The Morgan fingerprint density at radius 3 is 2.89 bits per heavy atom. The number of carboxylic acid groups (broad SMARTS) is 1. The highest BCUT2D eigenvalue weighted by Gasteiger charge is 2.29. The minimum absolute atomic E-state index is 0.385. The van der Waals surface area contributed by atoms with E-state index in [4.69, 9.17) is 0 Å². The molecule has 2 N–H and O–H groups in total. The van der Waals surface area contributed by atoms with Crippen LogP contribution in [0.1, 0.15) is 18.9 Å². The molecule has 1 aliphatic heterocycles. The number of aliphatic hydroxyl groups is 1. The van der Waals surface area contributed by atoms with Gasteiger partial charge in [0.05, 0.1) is 12.0 Å². The van der Waals surface area contributed by atoms with E-state index in [0.717, 1.165) is 11.3 Å². The average Bonchev–Trinajstić information content (AvgIpc) is 2.38. The number of hydrogen-bond donors (Lipinski definition) is 2. The molecule has 1 aromatic rings. The summed E-state index contributed by atoms with van der Waals surface area (Å²) >= 11 is 0. The molecule has 0 spiro atoms. The van der Waals surface area contributed by atoms with Crippen molar-refractivity contribution in [3.63, 3.8) is 0 Å². The van der Waals surface area contributed by atoms with Crippen LogP contribution in [0.2, 0.25) is 0 Å². The van der Waals surface area contributed by atoms with Gasteiger partial charge in [0.2, 0.25) is 0 Å². The number of nitrogens with zero attached hydrogens (tertiary/aromatic N) is 1. The lowest BCUT2D eigenvalue weighted by Crippen LogP contribution is -2.42. The van der Waals surface area contributed by atoms with Crippen LogP contribution in [0, 0.1) is 5.92 Å². The van der Waals surface area contributed by atoms with E-state index in [1.165, 1.54) is 0 Å². The first-order chi connectivity index (χ1) is 8.61. The molecule has 18 heavy (non-hydrogen) atoms. The van der Waals surface area contributed by atoms with E-state index in [2.05, 4.69) is 0 Å². The maximum Gasteiger partial charge on any atom is 0.308 e. The molecule has 0 radical (unpaired) electrons. The summed E-state index contributed by atoms with van der Waals surface area (Å²) in [6, 6.07) is 7.84. The Morgan fingerprint density at radius 1 is 1.50 bits per heavy atom. The van der Waals surface area contributed by atoms with E-state index >= 15 is 0 Å². The summed E-state index contributed by atoms with van der Waals surface area (Å²) in [5.41, 5.74) is 2.11. The minimum atomic E-state index is -0.763. The molecule has 4 heteroatoms. The lowest BCUT2D eigenvalue weighted by Gasteiger charge is -2.35. The molecule has 4 nitrogen and oxygen atoms in total. The molecule has 2 atom stereocenters. The number of β-amino-alcohol motifs (C(OH)–C–C–N with tert-alkyl or cyclic N) is 1. The first-order valence-electron chi connectivity index (χ1n) is 6.35. The summed E-state index contributed by atoms with van der Waals surface area (Å²) < 4.78 is 0. The second kappa shape index (κ2) is 5.40. The summed E-state index contributed by atoms with van der Waals surface area (Å²) in [6.45, 7) is 2.90. The van der Waals surface area contributed by atoms with Crippen molar-refractivity contribution in [2.45, 2.75) is 25.9 Å². The third-order valence-corrected chi connectivity index (χ3v) is 3.49. The van der Waals surface area contributed by atoms with Gasteiger partial charge in [-0.1, -0.05) is 25.1 Å². The van der Waals surface area contributed by atoms with Crippen LogP contribution in [0.5, 0.6) is 0 Å². The van der Waals surface area contributed by atoms with Crippen LogP contribution in [0.25, 0.3) is 0 Å². The number of hydrogen-bond acceptors (Lipinski definition) is 3. The maximum atomic E-state index is 11.2. The summed E-state index contributed by atoms with van der Waals surface area (Å²) in [4.78, 5) is 13.2. The molecule has 1 aliphatic rings. The van der Waals surface area contributed by atoms with Crippen LogP contribution in [0.15, 0.2) is 24.3 Å². The van der Waals surface area contributed by atoms with Crippen molar-refractivity contribution in [3.8, 4) is 0 Å². The Labute approximate surface area is 107 Å². The standard InChI is InChI=1S/C14H19NO3/c1-2-12(16)9-15-8-11(14(17)18)7-10-5-3-4-6-13(10)15/h3-6,11-12,16H,2,7-9H2,1H3,(H,17,18). The zero-order valence-corrected chi connectivity index (χ0v) is 10.5. The van der Waals surface area contributed by atoms with Crippen molar-refractivity contribution >= 4 is 11.7 Å². The molecule has 0 aromatic heterocycles. The number of fused-ring (bicyclic) bond motifs is 1. The smallest absolute Gasteiger partial charge is 0.308 e. The molecule has 0 amide bonds. The zero-order chi connectivity index (χ0) is 13.1. The molecule has 98 valence electrons. The maximum absolute atomic E-state index is 11.2. The van der Waals surface area contributed by atoms with Gasteiger partial charge in [-0.2, -0.15) is 0 Å². The Balaban J connectivity index is 2.24. The fourth-order valence-electron chi connectivity index (χ4n) is 2.41. The fourth-order valence-corrected chi connectivity index (χ4v) is 2.41. The third kappa shape index (κ3) is 2.64. The molecule has 1 aromatic carbocycles. The highest BCUT2D eigenvalue weighted by Crippen LogP contribution is 2.29. The quantitative estimate of drug-likeness (QED) is 0.849. The molecule has 0 fully saturated rings. The number of rotatable bonds is 4. The molecule has 2 rings (SSSR count). The van der Waals surface area contributed by atoms with Crippen molar-refractivity contribution in [3.05, 3.63) is 29.8 Å². The summed E-state index contributed by atoms with van der Waals surface area (Å²) in [6.07, 6.45) is 0.839. The molecular formula is C14H19NO3. The van der Waals surface area contributed by atoms with Gasteiger partial charge in [-0.15, -0.1) is 0 Å². The van der Waals surface area contributed by atoms with Crippen LogP contribution in [-0.2, 0) is 11.2 Å². The topological polar surface area (TPSA) is 60.8 Å². The monoisotopic (exact) mass is 249 g/mol. The van der Waals surface area contributed by atoms with Crippen LogP contribution < -0.4 is 4.90 Å². The van der Waals surface area contributed by atoms with Crippen molar-refractivity contribution in [2.24, 2.45) is 5.92 Å². The number of para-hydroxylation sites is 1. The zero-order valence-electron chi connectivity index (χ0n) is 10.5. The number of carbonyl (C=O) groups is 1. The van der Waals surface area contributed by atoms with Crippen molar-refractivity contribution in [1.82, 2.24) is 0 Å². The van der Waals surface area contributed by atoms with Crippen molar-refractivity contribution in [1.29, 1.82) is 0 Å². The Kier molecular flexibility index (Phi) is 3.87. The second-order valence-corrected chi connectivity index (χ2v) is 4.84. The number of anilines is 1. The van der Waals surface area contributed by atoms with Gasteiger partial charge in [0.25, 0.3) is 0 Å². The van der Waals surface area contributed by atoms with E-state index < -0.39 is 12.1 Å². The first-order valence-corrected chi connectivity index (χ1v) is 6.35. The molecule has 0 saturated carbocycles. The number of carboxylic acids is 1. The van der Waals surface area contributed by atoms with E-state index in [0.29, 0.717) is 25.9 Å². The van der Waals surface area contributed by atoms with Crippen LogP contribution >= 0.6 is 0 Å². The van der Waals surface area contributed by atoms with Crippen molar-refractivity contribution in [2.75, 3.05) is 18.0 Å². The van der Waals surface area contributed by atoms with Gasteiger partial charge < -0.3 is 15.1 Å². The highest BCUT2D eigenvalue weighted by molar-refractivity contribution is 5.73. The van der Waals surface area contributed by atoms with Gasteiger partial charge in [0.15, 0.2) is 0 Å². The normalized spacial score (nSPS) is 20.3.